The molecule has 28 heavy (non-hydrogen) atoms. The number of ketones is 1. The molecule has 0 amide bonds. The van der Waals surface area contributed by atoms with E-state index in [9.17, 15) is 9.59 Å². The van der Waals surface area contributed by atoms with Crippen LogP contribution in [0.3, 0.4) is 0 Å². The van der Waals surface area contributed by atoms with Crippen LogP contribution in [0.1, 0.15) is 39.5 Å². The van der Waals surface area contributed by atoms with Crippen LogP contribution >= 0.6 is 34.8 Å². The lowest BCUT2D eigenvalue weighted by molar-refractivity contribution is 0.103. The predicted octanol–water partition coefficient (Wildman–Crippen LogP) is 5.35. The Hall–Kier alpha value is -2.14. The second kappa shape index (κ2) is 8.48. The van der Waals surface area contributed by atoms with E-state index in [0.717, 1.165) is 11.1 Å². The molecule has 144 valence electrons. The Balaban J connectivity index is 2.01. The average Bonchev–Trinajstić information content (AvgIpc) is 2.64. The van der Waals surface area contributed by atoms with Crippen molar-refractivity contribution in [3.8, 4) is 0 Å². The molecule has 0 unspecified atom stereocenters. The van der Waals surface area contributed by atoms with Gasteiger partial charge < -0.3 is 0 Å². The van der Waals surface area contributed by atoms with Crippen molar-refractivity contribution in [2.24, 2.45) is 0 Å². The predicted molar refractivity (Wildman–Crippen MR) is 113 cm³/mol. The Kier molecular flexibility index (Phi) is 6.23. The molecule has 0 atom stereocenters. The highest BCUT2D eigenvalue weighted by Crippen LogP contribution is 2.31. The van der Waals surface area contributed by atoms with Crippen molar-refractivity contribution < 1.29 is 4.79 Å². The smallest absolute Gasteiger partial charge is 0.270 e. The van der Waals surface area contributed by atoms with Crippen LogP contribution in [0.2, 0.25) is 15.1 Å². The molecule has 1 aromatic heterocycles. The van der Waals surface area contributed by atoms with E-state index in [1.165, 1.54) is 16.8 Å². The summed E-state index contributed by atoms with van der Waals surface area (Å²) >= 11 is 18.3. The quantitative estimate of drug-likeness (QED) is 0.507. The van der Waals surface area contributed by atoms with Gasteiger partial charge in [-0.3, -0.25) is 9.59 Å². The summed E-state index contributed by atoms with van der Waals surface area (Å²) in [4.78, 5) is 25.5. The molecule has 4 nitrogen and oxygen atoms in total. The fourth-order valence-corrected chi connectivity index (χ4v) is 3.95. The molecule has 1 heterocycles. The van der Waals surface area contributed by atoms with Gasteiger partial charge in [0, 0.05) is 35.3 Å². The molecule has 0 bridgehead atoms. The van der Waals surface area contributed by atoms with E-state index in [2.05, 4.69) is 5.10 Å². The highest BCUT2D eigenvalue weighted by atomic mass is 35.5. The molecule has 0 saturated carbocycles. The molecule has 0 fully saturated rings. The van der Waals surface area contributed by atoms with Gasteiger partial charge >= 0.3 is 0 Å². The van der Waals surface area contributed by atoms with Gasteiger partial charge in [-0.15, -0.1) is 0 Å². The van der Waals surface area contributed by atoms with Crippen molar-refractivity contribution >= 4 is 40.6 Å². The van der Waals surface area contributed by atoms with E-state index < -0.39 is 0 Å². The van der Waals surface area contributed by atoms with Gasteiger partial charge in [-0.2, -0.15) is 5.10 Å². The van der Waals surface area contributed by atoms with Crippen LogP contribution in [-0.2, 0) is 13.0 Å². The third-order valence-corrected chi connectivity index (χ3v) is 5.33. The van der Waals surface area contributed by atoms with E-state index in [0.29, 0.717) is 29.1 Å². The molecule has 0 aliphatic carbocycles. The van der Waals surface area contributed by atoms with Crippen LogP contribution in [0, 0.1) is 6.92 Å². The van der Waals surface area contributed by atoms with Crippen molar-refractivity contribution in [2.45, 2.75) is 26.8 Å². The van der Waals surface area contributed by atoms with Crippen molar-refractivity contribution in [2.75, 3.05) is 0 Å². The molecule has 0 saturated heterocycles. The summed E-state index contributed by atoms with van der Waals surface area (Å²) in [6.07, 6.45) is 2.01. The lowest BCUT2D eigenvalue weighted by Crippen LogP contribution is -2.25. The van der Waals surface area contributed by atoms with Crippen LogP contribution in [0.4, 0.5) is 0 Å². The largest absolute Gasteiger partial charge is 0.288 e. The van der Waals surface area contributed by atoms with Gasteiger partial charge in [0.25, 0.3) is 5.56 Å². The number of aryl methyl sites for hydroxylation is 2. The average molecular weight is 436 g/mol. The van der Waals surface area contributed by atoms with E-state index in [1.54, 1.807) is 24.4 Å². The van der Waals surface area contributed by atoms with Gasteiger partial charge in [-0.25, -0.2) is 4.68 Å². The van der Waals surface area contributed by atoms with Gasteiger partial charge in [0.1, 0.15) is 0 Å². The van der Waals surface area contributed by atoms with Crippen molar-refractivity contribution in [1.82, 2.24) is 9.78 Å². The SMILES string of the molecule is CCn1nccc(Cc2cc(C(=O)c3c(Cl)cc(Cl)cc3Cl)ccc2C)c1=O. The zero-order valence-electron chi connectivity index (χ0n) is 15.3. The molecule has 2 aromatic carbocycles. The molecule has 3 aromatic rings. The maximum Gasteiger partial charge on any atom is 0.270 e. The van der Waals surface area contributed by atoms with Gasteiger partial charge in [0.05, 0.1) is 15.6 Å². The van der Waals surface area contributed by atoms with E-state index >= 15 is 0 Å². The van der Waals surface area contributed by atoms with Crippen LogP contribution in [0.5, 0.6) is 0 Å². The lowest BCUT2D eigenvalue weighted by atomic mass is 9.95. The maximum atomic E-state index is 13.0. The topological polar surface area (TPSA) is 52.0 Å². The number of benzene rings is 2. The van der Waals surface area contributed by atoms with Crippen LogP contribution < -0.4 is 5.56 Å². The summed E-state index contributed by atoms with van der Waals surface area (Å²) in [5, 5.41) is 4.80. The Morgan fingerprint density at radius 3 is 2.36 bits per heavy atom. The minimum absolute atomic E-state index is 0.134. The van der Waals surface area contributed by atoms with E-state index in [-0.39, 0.29) is 27.0 Å². The highest BCUT2D eigenvalue weighted by Gasteiger charge is 2.19. The van der Waals surface area contributed by atoms with E-state index in [4.69, 9.17) is 34.8 Å². The van der Waals surface area contributed by atoms with Gasteiger partial charge in [0.15, 0.2) is 5.78 Å². The summed E-state index contributed by atoms with van der Waals surface area (Å²) in [7, 11) is 0. The standard InChI is InChI=1S/C21H17Cl3N2O2/c1-3-26-21(28)14(6-7-25-26)9-15-8-13(5-4-12(15)2)20(27)19-17(23)10-16(22)11-18(19)24/h4-8,10-11H,3,9H2,1-2H3. The first kappa shape index (κ1) is 20.6. The summed E-state index contributed by atoms with van der Waals surface area (Å²) < 4.78 is 1.41. The number of aromatic nitrogens is 2. The second-order valence-electron chi connectivity index (χ2n) is 6.37. The summed E-state index contributed by atoms with van der Waals surface area (Å²) in [6, 6.07) is 10.0. The summed E-state index contributed by atoms with van der Waals surface area (Å²) in [5.74, 6) is -0.298. The fourth-order valence-electron chi connectivity index (χ4n) is 2.96. The number of carbonyl (C=O) groups is 1. The zero-order chi connectivity index (χ0) is 20.4. The van der Waals surface area contributed by atoms with Crippen molar-refractivity contribution in [3.05, 3.63) is 95.8 Å². The van der Waals surface area contributed by atoms with Crippen molar-refractivity contribution in [3.63, 3.8) is 0 Å². The molecule has 0 radical (unpaired) electrons. The number of rotatable bonds is 5. The Morgan fingerprint density at radius 2 is 1.71 bits per heavy atom. The third kappa shape index (κ3) is 4.14. The first-order valence-electron chi connectivity index (χ1n) is 8.65. The van der Waals surface area contributed by atoms with Gasteiger partial charge in [-0.1, -0.05) is 46.9 Å². The maximum absolute atomic E-state index is 13.0. The molecular weight excluding hydrogens is 419 g/mol. The molecule has 0 aliphatic rings. The minimum Gasteiger partial charge on any atom is -0.288 e. The number of nitrogens with zero attached hydrogens (tertiary/aromatic N) is 2. The molecule has 7 heteroatoms. The summed E-state index contributed by atoms with van der Waals surface area (Å²) in [6.45, 7) is 4.30. The number of hydrogen-bond donors (Lipinski definition) is 0. The summed E-state index contributed by atoms with van der Waals surface area (Å²) in [5.41, 5.74) is 2.98. The fraction of sp³-hybridized carbons (Fsp3) is 0.190. The third-order valence-electron chi connectivity index (χ3n) is 4.52. The Labute approximate surface area is 177 Å². The molecule has 0 N–H and O–H groups in total. The van der Waals surface area contributed by atoms with Crippen molar-refractivity contribution in [1.29, 1.82) is 0 Å². The first-order valence-corrected chi connectivity index (χ1v) is 9.79. The normalized spacial score (nSPS) is 10.9. The number of hydrogen-bond acceptors (Lipinski definition) is 3. The zero-order valence-corrected chi connectivity index (χ0v) is 17.6. The molecule has 3 rings (SSSR count). The highest BCUT2D eigenvalue weighted by molar-refractivity contribution is 6.43. The molecule has 0 aliphatic heterocycles. The number of halogens is 3. The van der Waals surface area contributed by atoms with Crippen LogP contribution in [0.15, 0.2) is 47.4 Å². The first-order chi connectivity index (χ1) is 13.3. The van der Waals surface area contributed by atoms with Gasteiger partial charge in [-0.05, 0) is 49.2 Å². The molecule has 0 spiro atoms. The van der Waals surface area contributed by atoms with Crippen LogP contribution in [0.25, 0.3) is 0 Å². The Morgan fingerprint density at radius 1 is 1.04 bits per heavy atom. The second-order valence-corrected chi connectivity index (χ2v) is 7.62. The lowest BCUT2D eigenvalue weighted by Gasteiger charge is -2.11. The van der Waals surface area contributed by atoms with Gasteiger partial charge in [0.2, 0.25) is 0 Å². The molecular formula is C21H17Cl3N2O2. The number of carbonyl (C=O) groups excluding carboxylic acids is 1. The Bertz CT molecular complexity index is 1100. The monoisotopic (exact) mass is 434 g/mol. The van der Waals surface area contributed by atoms with Crippen LogP contribution in [-0.4, -0.2) is 15.6 Å². The van der Waals surface area contributed by atoms with E-state index in [1.807, 2.05) is 19.9 Å². The minimum atomic E-state index is -0.298.